The lowest BCUT2D eigenvalue weighted by Gasteiger charge is -2.21. The highest BCUT2D eigenvalue weighted by atomic mass is 14.4. The Morgan fingerprint density at radius 3 is 2.47 bits per heavy atom. The Balaban J connectivity index is 1.85. The molecule has 2 bridgehead atoms. The largest absolute Gasteiger partial charge is 0.198 e. The summed E-state index contributed by atoms with van der Waals surface area (Å²) in [6.07, 6.45) is 2.75. The van der Waals surface area contributed by atoms with Gasteiger partial charge >= 0.3 is 0 Å². The molecule has 0 spiro atoms. The highest BCUT2D eigenvalue weighted by Crippen LogP contribution is 2.57. The second-order valence-electron chi connectivity index (χ2n) is 5.55. The van der Waals surface area contributed by atoms with Crippen molar-refractivity contribution in [2.45, 2.75) is 31.1 Å². The van der Waals surface area contributed by atoms with E-state index in [4.69, 9.17) is 5.26 Å². The number of fused-ring (bicyclic) bond motifs is 8. The summed E-state index contributed by atoms with van der Waals surface area (Å²) in [4.78, 5) is 0. The first-order valence-corrected chi connectivity index (χ1v) is 6.97. The molecule has 0 N–H and O–H groups in total. The van der Waals surface area contributed by atoms with Gasteiger partial charge in [-0.1, -0.05) is 42.5 Å². The van der Waals surface area contributed by atoms with Crippen LogP contribution in [0.2, 0.25) is 0 Å². The minimum absolute atomic E-state index is 0.575. The summed E-state index contributed by atoms with van der Waals surface area (Å²) in [5.41, 5.74) is 7.48. The highest BCUT2D eigenvalue weighted by Gasteiger charge is 2.41. The quantitative estimate of drug-likeness (QED) is 0.780. The average molecular weight is 245 g/mol. The van der Waals surface area contributed by atoms with E-state index in [9.17, 15) is 0 Å². The third-order valence-electron chi connectivity index (χ3n) is 4.68. The van der Waals surface area contributed by atoms with E-state index in [1.165, 1.54) is 34.2 Å². The first-order chi connectivity index (χ1) is 9.40. The Bertz CT molecular complexity index is 693. The van der Waals surface area contributed by atoms with Gasteiger partial charge in [0, 0.05) is 18.3 Å². The second-order valence-corrected chi connectivity index (χ2v) is 5.55. The molecule has 92 valence electrons. The highest BCUT2D eigenvalue weighted by molar-refractivity contribution is 5.60. The van der Waals surface area contributed by atoms with E-state index in [-0.39, 0.29) is 0 Å². The van der Waals surface area contributed by atoms with Crippen LogP contribution in [0.5, 0.6) is 0 Å². The molecular formula is C18H15N. The van der Waals surface area contributed by atoms with E-state index in [0.29, 0.717) is 18.3 Å². The van der Waals surface area contributed by atoms with E-state index < -0.39 is 0 Å². The van der Waals surface area contributed by atoms with Crippen molar-refractivity contribution in [3.8, 4) is 6.07 Å². The lowest BCUT2D eigenvalue weighted by molar-refractivity contribution is 0.791. The Kier molecular flexibility index (Phi) is 2.26. The Hall–Kier alpha value is -2.07. The van der Waals surface area contributed by atoms with Crippen LogP contribution in [-0.2, 0) is 6.42 Å². The van der Waals surface area contributed by atoms with Gasteiger partial charge in [0.1, 0.15) is 0 Å². The van der Waals surface area contributed by atoms with E-state index in [1.807, 2.05) is 0 Å². The molecule has 2 atom stereocenters. The second kappa shape index (κ2) is 3.96. The van der Waals surface area contributed by atoms with Gasteiger partial charge in [0.15, 0.2) is 0 Å². The van der Waals surface area contributed by atoms with Gasteiger partial charge in [-0.2, -0.15) is 5.26 Å². The summed E-state index contributed by atoms with van der Waals surface area (Å²) in [5, 5.41) is 8.82. The number of benzene rings is 2. The molecule has 4 rings (SSSR count). The first-order valence-electron chi connectivity index (χ1n) is 6.97. The summed E-state index contributed by atoms with van der Waals surface area (Å²) >= 11 is 0. The van der Waals surface area contributed by atoms with Crippen LogP contribution < -0.4 is 0 Å². The number of aryl methyl sites for hydroxylation is 1. The minimum atomic E-state index is 0.575. The van der Waals surface area contributed by atoms with Crippen LogP contribution in [0.4, 0.5) is 0 Å². The smallest absolute Gasteiger partial charge is 0.0625 e. The summed E-state index contributed by atoms with van der Waals surface area (Å²) in [5.74, 6) is 1.17. The zero-order valence-electron chi connectivity index (χ0n) is 10.8. The molecule has 0 heterocycles. The molecular weight excluding hydrogens is 230 g/mol. The van der Waals surface area contributed by atoms with Gasteiger partial charge in [-0.25, -0.2) is 0 Å². The van der Waals surface area contributed by atoms with Gasteiger partial charge in [-0.05, 0) is 40.7 Å². The van der Waals surface area contributed by atoms with Crippen molar-refractivity contribution in [3.63, 3.8) is 0 Å². The number of hydrogen-bond acceptors (Lipinski definition) is 1. The van der Waals surface area contributed by atoms with Crippen LogP contribution in [-0.4, -0.2) is 0 Å². The predicted molar refractivity (Wildman–Crippen MR) is 75.1 cm³/mol. The fraction of sp³-hybridized carbons (Fsp3) is 0.278. The lowest BCUT2D eigenvalue weighted by atomic mass is 9.83. The van der Waals surface area contributed by atoms with Crippen LogP contribution in [0, 0.1) is 11.3 Å². The van der Waals surface area contributed by atoms with Crippen LogP contribution in [0.1, 0.15) is 52.5 Å². The van der Waals surface area contributed by atoms with Crippen LogP contribution in [0.15, 0.2) is 42.5 Å². The van der Waals surface area contributed by atoms with E-state index in [1.54, 1.807) is 0 Å². The van der Waals surface area contributed by atoms with Crippen molar-refractivity contribution in [1.82, 2.24) is 0 Å². The topological polar surface area (TPSA) is 23.8 Å². The molecule has 2 unspecified atom stereocenters. The SMILES string of the molecule is N#CCCc1cccc2c1C1CC2c2ccccc21. The van der Waals surface area contributed by atoms with E-state index in [0.717, 1.165) is 6.42 Å². The minimum Gasteiger partial charge on any atom is -0.198 e. The van der Waals surface area contributed by atoms with Crippen molar-refractivity contribution < 1.29 is 0 Å². The Morgan fingerprint density at radius 1 is 0.947 bits per heavy atom. The monoisotopic (exact) mass is 245 g/mol. The molecule has 0 fully saturated rings. The van der Waals surface area contributed by atoms with Gasteiger partial charge in [0.25, 0.3) is 0 Å². The van der Waals surface area contributed by atoms with Crippen molar-refractivity contribution in [3.05, 3.63) is 70.3 Å². The van der Waals surface area contributed by atoms with E-state index >= 15 is 0 Å². The molecule has 2 aromatic rings. The third-order valence-corrected chi connectivity index (χ3v) is 4.68. The fourth-order valence-electron chi connectivity index (χ4n) is 3.97. The lowest BCUT2D eigenvalue weighted by Crippen LogP contribution is -2.06. The van der Waals surface area contributed by atoms with E-state index in [2.05, 4.69) is 48.5 Å². The molecule has 0 radical (unpaired) electrons. The van der Waals surface area contributed by atoms with Gasteiger partial charge in [0.2, 0.25) is 0 Å². The van der Waals surface area contributed by atoms with Crippen molar-refractivity contribution in [2.24, 2.45) is 0 Å². The molecule has 0 aromatic heterocycles. The normalized spacial score (nSPS) is 21.8. The van der Waals surface area contributed by atoms with Crippen molar-refractivity contribution in [2.75, 3.05) is 0 Å². The van der Waals surface area contributed by atoms with Crippen LogP contribution >= 0.6 is 0 Å². The molecule has 19 heavy (non-hydrogen) atoms. The third kappa shape index (κ3) is 1.40. The van der Waals surface area contributed by atoms with Gasteiger partial charge in [0.05, 0.1) is 6.07 Å². The summed E-state index contributed by atoms with van der Waals surface area (Å²) in [6, 6.07) is 17.8. The fourth-order valence-corrected chi connectivity index (χ4v) is 3.97. The summed E-state index contributed by atoms with van der Waals surface area (Å²) in [6.45, 7) is 0. The number of nitrogens with zero attached hydrogens (tertiary/aromatic N) is 1. The van der Waals surface area contributed by atoms with Gasteiger partial charge in [-0.3, -0.25) is 0 Å². The zero-order chi connectivity index (χ0) is 12.8. The summed E-state index contributed by atoms with van der Waals surface area (Å²) < 4.78 is 0. The maximum Gasteiger partial charge on any atom is 0.0625 e. The predicted octanol–water partition coefficient (Wildman–Crippen LogP) is 4.12. The number of nitriles is 1. The van der Waals surface area contributed by atoms with Gasteiger partial charge in [-0.15, -0.1) is 0 Å². The van der Waals surface area contributed by atoms with Crippen molar-refractivity contribution in [1.29, 1.82) is 5.26 Å². The molecule has 0 saturated heterocycles. The standard InChI is InChI=1S/C18H15N/c19-10-4-6-12-5-3-9-15-16-11-17(18(12)15)14-8-2-1-7-13(14)16/h1-3,5,7-9,16-17H,4,6,11H2. The Morgan fingerprint density at radius 2 is 1.68 bits per heavy atom. The molecule has 1 nitrogen and oxygen atoms in total. The molecule has 0 saturated carbocycles. The molecule has 2 aromatic carbocycles. The molecule has 2 aliphatic carbocycles. The molecule has 1 heteroatoms. The van der Waals surface area contributed by atoms with Gasteiger partial charge < -0.3 is 0 Å². The number of rotatable bonds is 2. The van der Waals surface area contributed by atoms with Crippen LogP contribution in [0.3, 0.4) is 0 Å². The molecule has 0 aliphatic heterocycles. The first kappa shape index (κ1) is 10.8. The average Bonchev–Trinajstić information content (AvgIpc) is 3.02. The Labute approximate surface area is 113 Å². The maximum atomic E-state index is 8.82. The molecule has 0 amide bonds. The maximum absolute atomic E-state index is 8.82. The zero-order valence-corrected chi connectivity index (χ0v) is 10.8. The number of hydrogen-bond donors (Lipinski definition) is 0. The summed E-state index contributed by atoms with van der Waals surface area (Å²) in [7, 11) is 0. The molecule has 2 aliphatic rings. The van der Waals surface area contributed by atoms with Crippen molar-refractivity contribution >= 4 is 0 Å². The van der Waals surface area contributed by atoms with Crippen LogP contribution in [0.25, 0.3) is 0 Å².